The molecule has 0 amide bonds. The summed E-state index contributed by atoms with van der Waals surface area (Å²) in [5.41, 5.74) is 0. The van der Waals surface area contributed by atoms with E-state index in [4.69, 9.17) is 0 Å². The second-order valence-corrected chi connectivity index (χ2v) is 7.48. The van der Waals surface area contributed by atoms with Crippen molar-refractivity contribution in [3.8, 4) is 0 Å². The Kier molecular flexibility index (Phi) is 7.19. The molecule has 0 unspecified atom stereocenters. The van der Waals surface area contributed by atoms with Crippen LogP contribution in [0, 0.1) is 0 Å². The zero-order chi connectivity index (χ0) is 13.4. The first kappa shape index (κ1) is 15.9. The molecule has 1 N–H and O–H groups in total. The Morgan fingerprint density at radius 2 is 1.89 bits per heavy atom. The predicted octanol–water partition coefficient (Wildman–Crippen LogP) is 1.97. The lowest BCUT2D eigenvalue weighted by Gasteiger charge is -2.16. The second kappa shape index (κ2) is 8.12. The van der Waals surface area contributed by atoms with Crippen LogP contribution in [-0.4, -0.2) is 44.7 Å². The normalized spacial score (nSPS) is 16.4. The molecule has 0 atom stereocenters. The topological polar surface area (TPSA) is 49.4 Å². The highest BCUT2D eigenvalue weighted by Crippen LogP contribution is 2.18. The van der Waals surface area contributed by atoms with Gasteiger partial charge in [0.25, 0.3) is 0 Å². The van der Waals surface area contributed by atoms with Crippen LogP contribution in [0.1, 0.15) is 51.9 Å². The van der Waals surface area contributed by atoms with Crippen molar-refractivity contribution in [3.05, 3.63) is 0 Å². The summed E-state index contributed by atoms with van der Waals surface area (Å²) in [6, 6.07) is 0.721. The molecule has 0 aliphatic heterocycles. The van der Waals surface area contributed by atoms with Crippen molar-refractivity contribution in [2.75, 3.05) is 25.9 Å². The van der Waals surface area contributed by atoms with E-state index in [1.54, 1.807) is 7.05 Å². The molecule has 1 aliphatic carbocycles. The molecule has 0 saturated heterocycles. The molecule has 0 heterocycles. The van der Waals surface area contributed by atoms with E-state index in [-0.39, 0.29) is 0 Å². The lowest BCUT2D eigenvalue weighted by molar-refractivity contribution is 0.452. The van der Waals surface area contributed by atoms with Gasteiger partial charge in [0.15, 0.2) is 0 Å². The predicted molar refractivity (Wildman–Crippen MR) is 76.2 cm³/mol. The van der Waals surface area contributed by atoms with Crippen LogP contribution < -0.4 is 5.32 Å². The van der Waals surface area contributed by atoms with Crippen LogP contribution in [0.2, 0.25) is 0 Å². The van der Waals surface area contributed by atoms with Crippen LogP contribution in [-0.2, 0) is 10.0 Å². The average Bonchev–Trinajstić information content (AvgIpc) is 3.12. The van der Waals surface area contributed by atoms with Gasteiger partial charge in [0.2, 0.25) is 10.0 Å². The van der Waals surface area contributed by atoms with Gasteiger partial charge in [-0.15, -0.1) is 0 Å². The summed E-state index contributed by atoms with van der Waals surface area (Å²) in [5.74, 6) is 0.294. The summed E-state index contributed by atoms with van der Waals surface area (Å²) >= 11 is 0. The van der Waals surface area contributed by atoms with Crippen molar-refractivity contribution in [3.63, 3.8) is 0 Å². The summed E-state index contributed by atoms with van der Waals surface area (Å²) in [7, 11) is -1.32. The van der Waals surface area contributed by atoms with Crippen LogP contribution in [0.5, 0.6) is 0 Å². The van der Waals surface area contributed by atoms with Gasteiger partial charge in [0.05, 0.1) is 5.75 Å². The molecule has 1 fully saturated rings. The van der Waals surface area contributed by atoms with E-state index in [0.29, 0.717) is 12.3 Å². The third-order valence-corrected chi connectivity index (χ3v) is 5.33. The first-order valence-corrected chi connectivity index (χ1v) is 8.84. The number of rotatable bonds is 11. The highest BCUT2D eigenvalue weighted by molar-refractivity contribution is 7.89. The Labute approximate surface area is 112 Å². The lowest BCUT2D eigenvalue weighted by atomic mass is 10.2. The third-order valence-electron chi connectivity index (χ3n) is 3.39. The van der Waals surface area contributed by atoms with E-state index in [9.17, 15) is 8.42 Å². The van der Waals surface area contributed by atoms with Gasteiger partial charge in [-0.1, -0.05) is 19.8 Å². The maximum absolute atomic E-state index is 11.9. The Balaban J connectivity index is 2.08. The second-order valence-electron chi connectivity index (χ2n) is 5.28. The standard InChI is InChI=1S/C13H28N2O2S/c1-3-4-6-11-15(2)18(16,17)12-7-5-10-14-13-8-9-13/h13-14H,3-12H2,1-2H3. The van der Waals surface area contributed by atoms with Crippen LogP contribution in [0.4, 0.5) is 0 Å². The molecule has 0 aromatic rings. The maximum atomic E-state index is 11.9. The molecule has 0 radical (unpaired) electrons. The van der Waals surface area contributed by atoms with Crippen molar-refractivity contribution in [2.45, 2.75) is 57.9 Å². The SMILES string of the molecule is CCCCCN(C)S(=O)(=O)CCCCNC1CC1. The number of hydrogen-bond donors (Lipinski definition) is 1. The molecule has 0 aromatic heterocycles. The van der Waals surface area contributed by atoms with Gasteiger partial charge in [-0.2, -0.15) is 0 Å². The highest BCUT2D eigenvalue weighted by Gasteiger charge is 2.20. The van der Waals surface area contributed by atoms with Crippen LogP contribution in [0.15, 0.2) is 0 Å². The molecular formula is C13H28N2O2S. The van der Waals surface area contributed by atoms with Gasteiger partial charge in [0.1, 0.15) is 0 Å². The molecule has 0 aromatic carbocycles. The van der Waals surface area contributed by atoms with Crippen LogP contribution >= 0.6 is 0 Å². The van der Waals surface area contributed by atoms with E-state index in [1.165, 1.54) is 17.1 Å². The molecule has 1 aliphatic rings. The molecule has 1 saturated carbocycles. The lowest BCUT2D eigenvalue weighted by Crippen LogP contribution is -2.30. The van der Waals surface area contributed by atoms with Crippen LogP contribution in [0.25, 0.3) is 0 Å². The van der Waals surface area contributed by atoms with Gasteiger partial charge >= 0.3 is 0 Å². The van der Waals surface area contributed by atoms with Crippen LogP contribution in [0.3, 0.4) is 0 Å². The Bertz CT molecular complexity index is 313. The number of nitrogens with zero attached hydrogens (tertiary/aromatic N) is 1. The number of unbranched alkanes of at least 4 members (excludes halogenated alkanes) is 3. The van der Waals surface area contributed by atoms with Crippen molar-refractivity contribution in [2.24, 2.45) is 0 Å². The van der Waals surface area contributed by atoms with E-state index in [1.807, 2.05) is 0 Å². The maximum Gasteiger partial charge on any atom is 0.213 e. The largest absolute Gasteiger partial charge is 0.314 e. The minimum Gasteiger partial charge on any atom is -0.314 e. The Morgan fingerprint density at radius 1 is 1.17 bits per heavy atom. The van der Waals surface area contributed by atoms with E-state index < -0.39 is 10.0 Å². The zero-order valence-electron chi connectivity index (χ0n) is 11.8. The molecule has 108 valence electrons. The van der Waals surface area contributed by atoms with Gasteiger partial charge in [-0.25, -0.2) is 12.7 Å². The van der Waals surface area contributed by atoms with E-state index >= 15 is 0 Å². The summed E-state index contributed by atoms with van der Waals surface area (Å²) < 4.78 is 25.4. The van der Waals surface area contributed by atoms with Crippen molar-refractivity contribution in [1.82, 2.24) is 9.62 Å². The Morgan fingerprint density at radius 3 is 2.50 bits per heavy atom. The van der Waals surface area contributed by atoms with Gasteiger partial charge in [-0.05, 0) is 38.6 Å². The minimum absolute atomic E-state index is 0.294. The summed E-state index contributed by atoms with van der Waals surface area (Å²) in [4.78, 5) is 0. The molecule has 0 bridgehead atoms. The third kappa shape index (κ3) is 6.71. The first-order chi connectivity index (χ1) is 8.56. The fourth-order valence-electron chi connectivity index (χ4n) is 1.88. The minimum atomic E-state index is -3.02. The fourth-order valence-corrected chi connectivity index (χ4v) is 3.17. The fraction of sp³-hybridized carbons (Fsp3) is 1.00. The zero-order valence-corrected chi connectivity index (χ0v) is 12.6. The first-order valence-electron chi connectivity index (χ1n) is 7.23. The summed E-state index contributed by atoms with van der Waals surface area (Å²) in [5, 5.41) is 3.41. The molecule has 1 rings (SSSR count). The van der Waals surface area contributed by atoms with Crippen molar-refractivity contribution >= 4 is 10.0 Å². The van der Waals surface area contributed by atoms with Gasteiger partial charge < -0.3 is 5.32 Å². The Hall–Kier alpha value is -0.130. The highest BCUT2D eigenvalue weighted by atomic mass is 32.2. The molecule has 0 spiro atoms. The van der Waals surface area contributed by atoms with Crippen molar-refractivity contribution in [1.29, 1.82) is 0 Å². The smallest absolute Gasteiger partial charge is 0.213 e. The van der Waals surface area contributed by atoms with Gasteiger partial charge in [-0.3, -0.25) is 0 Å². The van der Waals surface area contributed by atoms with Crippen molar-refractivity contribution < 1.29 is 8.42 Å². The average molecular weight is 276 g/mol. The summed E-state index contributed by atoms with van der Waals surface area (Å²) in [6.07, 6.45) is 7.50. The van der Waals surface area contributed by atoms with Gasteiger partial charge in [0, 0.05) is 19.6 Å². The molecule has 18 heavy (non-hydrogen) atoms. The number of nitrogens with one attached hydrogen (secondary N) is 1. The number of sulfonamides is 1. The molecule has 5 heteroatoms. The van der Waals surface area contributed by atoms with E-state index in [2.05, 4.69) is 12.2 Å². The monoisotopic (exact) mass is 276 g/mol. The van der Waals surface area contributed by atoms with E-state index in [0.717, 1.165) is 44.7 Å². The molecular weight excluding hydrogens is 248 g/mol. The molecule has 4 nitrogen and oxygen atoms in total. The summed E-state index contributed by atoms with van der Waals surface area (Å²) in [6.45, 7) is 3.75. The number of hydrogen-bond acceptors (Lipinski definition) is 3. The quantitative estimate of drug-likeness (QED) is 0.587.